The molecule has 0 aliphatic carbocycles. The number of nitrogens with one attached hydrogen (secondary N) is 1. The lowest BCUT2D eigenvalue weighted by atomic mass is 10.0. The Labute approximate surface area is 121 Å². The van der Waals surface area contributed by atoms with E-state index in [1.165, 1.54) is 6.07 Å². The highest BCUT2D eigenvalue weighted by molar-refractivity contribution is 7.89. The highest BCUT2D eigenvalue weighted by Gasteiger charge is 2.22. The minimum Gasteiger partial charge on any atom is -0.384 e. The topological polar surface area (TPSA) is 66.4 Å². The van der Waals surface area contributed by atoms with E-state index in [0.29, 0.717) is 5.56 Å². The molecule has 1 rings (SSSR count). The van der Waals surface area contributed by atoms with Gasteiger partial charge in [-0.15, -0.1) is 0 Å². The zero-order valence-corrected chi connectivity index (χ0v) is 12.9. The first-order valence-electron chi connectivity index (χ1n) is 6.63. The van der Waals surface area contributed by atoms with Crippen LogP contribution in [0.1, 0.15) is 32.8 Å². The zero-order chi connectivity index (χ0) is 15.2. The van der Waals surface area contributed by atoms with Crippen molar-refractivity contribution in [1.82, 2.24) is 4.72 Å². The molecule has 0 amide bonds. The van der Waals surface area contributed by atoms with Gasteiger partial charge in [-0.25, -0.2) is 13.1 Å². The largest absolute Gasteiger partial charge is 0.384 e. The molecule has 1 unspecified atom stereocenters. The van der Waals surface area contributed by atoms with Crippen molar-refractivity contribution in [3.05, 3.63) is 29.8 Å². The summed E-state index contributed by atoms with van der Waals surface area (Å²) in [6, 6.07) is 6.43. The van der Waals surface area contributed by atoms with Crippen LogP contribution in [-0.2, 0) is 10.0 Å². The molecule has 0 saturated carbocycles. The summed E-state index contributed by atoms with van der Waals surface area (Å²) in [6.45, 7) is 5.61. The standard InChI is InChI=1S/C15H21NO3S/c1-4-14(12(2)3)16-20(18,19)15-10-6-5-8-13(15)9-7-11-17/h5-6,8,10,12,14,16-17H,4,11H2,1-3H3. The summed E-state index contributed by atoms with van der Waals surface area (Å²) in [5, 5.41) is 8.74. The monoisotopic (exact) mass is 295 g/mol. The van der Waals surface area contributed by atoms with Gasteiger partial charge in [-0.1, -0.05) is 44.7 Å². The third kappa shape index (κ3) is 4.34. The lowest BCUT2D eigenvalue weighted by Crippen LogP contribution is -2.38. The minimum atomic E-state index is -3.61. The molecule has 0 fully saturated rings. The van der Waals surface area contributed by atoms with Gasteiger partial charge in [0.25, 0.3) is 0 Å². The third-order valence-electron chi connectivity index (χ3n) is 3.03. The van der Waals surface area contributed by atoms with Gasteiger partial charge in [-0.05, 0) is 24.5 Å². The van der Waals surface area contributed by atoms with Gasteiger partial charge in [0.05, 0.1) is 4.90 Å². The summed E-state index contributed by atoms with van der Waals surface area (Å²) >= 11 is 0. The van der Waals surface area contributed by atoms with E-state index < -0.39 is 10.0 Å². The van der Waals surface area contributed by atoms with Crippen LogP contribution in [0.3, 0.4) is 0 Å². The molecule has 0 aliphatic rings. The molecule has 0 saturated heterocycles. The van der Waals surface area contributed by atoms with Gasteiger partial charge in [0, 0.05) is 11.6 Å². The van der Waals surface area contributed by atoms with E-state index in [4.69, 9.17) is 5.11 Å². The molecule has 110 valence electrons. The van der Waals surface area contributed by atoms with Gasteiger partial charge >= 0.3 is 0 Å². The van der Waals surface area contributed by atoms with Crippen molar-refractivity contribution < 1.29 is 13.5 Å². The molecule has 0 aliphatic heterocycles. The van der Waals surface area contributed by atoms with Crippen molar-refractivity contribution in [1.29, 1.82) is 0 Å². The molecule has 1 atom stereocenters. The maximum Gasteiger partial charge on any atom is 0.242 e. The molecule has 5 heteroatoms. The normalized spacial score (nSPS) is 12.8. The van der Waals surface area contributed by atoms with Crippen molar-refractivity contribution in [2.24, 2.45) is 5.92 Å². The van der Waals surface area contributed by atoms with Crippen molar-refractivity contribution in [3.8, 4) is 11.8 Å². The molecule has 1 aromatic rings. The molecule has 0 aromatic heterocycles. The fourth-order valence-electron chi connectivity index (χ4n) is 1.89. The van der Waals surface area contributed by atoms with E-state index in [2.05, 4.69) is 16.6 Å². The summed E-state index contributed by atoms with van der Waals surface area (Å²) in [5.41, 5.74) is 0.396. The molecule has 1 aromatic carbocycles. The average Bonchev–Trinajstić information content (AvgIpc) is 2.42. The molecular weight excluding hydrogens is 274 g/mol. The Morgan fingerprint density at radius 3 is 2.50 bits per heavy atom. The summed E-state index contributed by atoms with van der Waals surface area (Å²) in [7, 11) is -3.61. The molecule has 4 nitrogen and oxygen atoms in total. The summed E-state index contributed by atoms with van der Waals surface area (Å²) in [4.78, 5) is 0.153. The van der Waals surface area contributed by atoms with E-state index >= 15 is 0 Å². The van der Waals surface area contributed by atoms with Crippen molar-refractivity contribution in [2.45, 2.75) is 38.1 Å². The van der Waals surface area contributed by atoms with Gasteiger partial charge in [0.15, 0.2) is 0 Å². The van der Waals surface area contributed by atoms with Crippen LogP contribution in [0.25, 0.3) is 0 Å². The Morgan fingerprint density at radius 2 is 1.95 bits per heavy atom. The first kappa shape index (κ1) is 16.7. The highest BCUT2D eigenvalue weighted by Crippen LogP contribution is 2.17. The second-order valence-corrected chi connectivity index (χ2v) is 6.52. The van der Waals surface area contributed by atoms with Crippen LogP contribution in [-0.4, -0.2) is 26.2 Å². The number of benzene rings is 1. The zero-order valence-electron chi connectivity index (χ0n) is 12.1. The van der Waals surface area contributed by atoms with Crippen molar-refractivity contribution in [2.75, 3.05) is 6.61 Å². The third-order valence-corrected chi connectivity index (χ3v) is 4.58. The van der Waals surface area contributed by atoms with Crippen molar-refractivity contribution in [3.63, 3.8) is 0 Å². The van der Waals surface area contributed by atoms with E-state index in [1.807, 2.05) is 20.8 Å². The lowest BCUT2D eigenvalue weighted by molar-refractivity contribution is 0.350. The molecular formula is C15H21NO3S. The number of sulfonamides is 1. The minimum absolute atomic E-state index is 0.112. The van der Waals surface area contributed by atoms with Gasteiger partial charge < -0.3 is 5.11 Å². The predicted octanol–water partition coefficient (Wildman–Crippen LogP) is 1.74. The number of hydrogen-bond donors (Lipinski definition) is 2. The first-order chi connectivity index (χ1) is 9.42. The van der Waals surface area contributed by atoms with E-state index in [1.54, 1.807) is 18.2 Å². The van der Waals surface area contributed by atoms with Crippen LogP contribution in [0.4, 0.5) is 0 Å². The fourth-order valence-corrected chi connectivity index (χ4v) is 3.52. The van der Waals surface area contributed by atoms with Gasteiger partial charge in [-0.3, -0.25) is 0 Å². The maximum atomic E-state index is 12.4. The highest BCUT2D eigenvalue weighted by atomic mass is 32.2. The molecule has 2 N–H and O–H groups in total. The molecule has 20 heavy (non-hydrogen) atoms. The Morgan fingerprint density at radius 1 is 1.30 bits per heavy atom. The second kappa shape index (κ2) is 7.44. The van der Waals surface area contributed by atoms with E-state index in [0.717, 1.165) is 6.42 Å². The van der Waals surface area contributed by atoms with Crippen LogP contribution in [0.5, 0.6) is 0 Å². The van der Waals surface area contributed by atoms with Crippen LogP contribution in [0, 0.1) is 17.8 Å². The Balaban J connectivity index is 3.16. The van der Waals surface area contributed by atoms with Crippen LogP contribution in [0.15, 0.2) is 29.2 Å². The molecule has 0 bridgehead atoms. The average molecular weight is 295 g/mol. The Hall–Kier alpha value is -1.35. The molecule has 0 heterocycles. The van der Waals surface area contributed by atoms with Crippen LogP contribution >= 0.6 is 0 Å². The van der Waals surface area contributed by atoms with E-state index in [-0.39, 0.29) is 23.5 Å². The number of hydrogen-bond acceptors (Lipinski definition) is 3. The number of aliphatic hydroxyl groups excluding tert-OH is 1. The number of rotatable bonds is 5. The maximum absolute atomic E-state index is 12.4. The van der Waals surface area contributed by atoms with Crippen molar-refractivity contribution >= 4 is 10.0 Å². The molecule has 0 spiro atoms. The van der Waals surface area contributed by atoms with Crippen LogP contribution in [0.2, 0.25) is 0 Å². The molecule has 0 radical (unpaired) electrons. The predicted molar refractivity (Wildman–Crippen MR) is 79.6 cm³/mol. The van der Waals surface area contributed by atoms with E-state index in [9.17, 15) is 8.42 Å². The Bertz CT molecular complexity index is 597. The fraction of sp³-hybridized carbons (Fsp3) is 0.467. The summed E-state index contributed by atoms with van der Waals surface area (Å²) < 4.78 is 27.6. The quantitative estimate of drug-likeness (QED) is 0.813. The van der Waals surface area contributed by atoms with Gasteiger partial charge in [-0.2, -0.15) is 0 Å². The lowest BCUT2D eigenvalue weighted by Gasteiger charge is -2.21. The van der Waals surface area contributed by atoms with Gasteiger partial charge in [0.2, 0.25) is 10.0 Å². The SMILES string of the molecule is CCC(NS(=O)(=O)c1ccccc1C#CCO)C(C)C. The Kier molecular flexibility index (Phi) is 6.21. The second-order valence-electron chi connectivity index (χ2n) is 4.84. The van der Waals surface area contributed by atoms with Crippen LogP contribution < -0.4 is 4.72 Å². The number of aliphatic hydroxyl groups is 1. The summed E-state index contributed by atoms with van der Waals surface area (Å²) in [5.74, 6) is 5.36. The summed E-state index contributed by atoms with van der Waals surface area (Å²) in [6.07, 6.45) is 0.724. The first-order valence-corrected chi connectivity index (χ1v) is 8.11. The smallest absolute Gasteiger partial charge is 0.242 e. The van der Waals surface area contributed by atoms with Gasteiger partial charge in [0.1, 0.15) is 6.61 Å².